The summed E-state index contributed by atoms with van der Waals surface area (Å²) in [4.78, 5) is 0.179. The van der Waals surface area contributed by atoms with Crippen LogP contribution in [0.4, 0.5) is 0 Å². The van der Waals surface area contributed by atoms with Gasteiger partial charge in [-0.1, -0.05) is 29.8 Å². The molecular formula is C19H20ClN3O3S. The van der Waals surface area contributed by atoms with E-state index >= 15 is 0 Å². The maximum atomic E-state index is 12.4. The van der Waals surface area contributed by atoms with E-state index in [0.29, 0.717) is 10.8 Å². The van der Waals surface area contributed by atoms with Crippen molar-refractivity contribution in [2.75, 3.05) is 13.2 Å². The number of rotatable bonds is 7. The van der Waals surface area contributed by atoms with Gasteiger partial charge in [0.15, 0.2) is 0 Å². The van der Waals surface area contributed by atoms with Gasteiger partial charge in [0, 0.05) is 6.54 Å². The van der Waals surface area contributed by atoms with Gasteiger partial charge in [-0.15, -0.1) is 0 Å². The van der Waals surface area contributed by atoms with Gasteiger partial charge < -0.3 is 4.74 Å². The van der Waals surface area contributed by atoms with Crippen molar-refractivity contribution in [3.63, 3.8) is 0 Å². The Morgan fingerprint density at radius 1 is 1.07 bits per heavy atom. The third-order valence-electron chi connectivity index (χ3n) is 4.00. The number of sulfonamides is 1. The van der Waals surface area contributed by atoms with Crippen LogP contribution in [0, 0.1) is 13.8 Å². The molecule has 3 aromatic rings. The molecule has 0 aliphatic rings. The number of ether oxygens (including phenoxy) is 1. The average molecular weight is 406 g/mol. The maximum absolute atomic E-state index is 12.4. The lowest BCUT2D eigenvalue weighted by atomic mass is 10.3. The van der Waals surface area contributed by atoms with Gasteiger partial charge in [0.2, 0.25) is 10.0 Å². The first-order valence-electron chi connectivity index (χ1n) is 8.38. The summed E-state index contributed by atoms with van der Waals surface area (Å²) in [5.74, 6) is 0.699. The average Bonchev–Trinajstić information content (AvgIpc) is 2.94. The van der Waals surface area contributed by atoms with E-state index in [2.05, 4.69) is 9.82 Å². The molecule has 8 heteroatoms. The minimum atomic E-state index is -3.61. The first-order chi connectivity index (χ1) is 12.9. The highest BCUT2D eigenvalue weighted by Crippen LogP contribution is 2.23. The van der Waals surface area contributed by atoms with Gasteiger partial charge in [0.05, 0.1) is 27.0 Å². The molecule has 0 radical (unpaired) electrons. The second kappa shape index (κ2) is 8.12. The fourth-order valence-electron chi connectivity index (χ4n) is 2.59. The molecule has 0 bridgehead atoms. The molecule has 27 heavy (non-hydrogen) atoms. The van der Waals surface area contributed by atoms with Crippen LogP contribution in [0.3, 0.4) is 0 Å². The molecule has 1 heterocycles. The summed E-state index contributed by atoms with van der Waals surface area (Å²) in [5, 5.41) is 4.97. The van der Waals surface area contributed by atoms with E-state index in [1.54, 1.807) is 28.9 Å². The smallest absolute Gasteiger partial charge is 0.240 e. The summed E-state index contributed by atoms with van der Waals surface area (Å²) in [7, 11) is -3.61. The van der Waals surface area contributed by atoms with Crippen LogP contribution < -0.4 is 9.46 Å². The highest BCUT2D eigenvalue weighted by atomic mass is 35.5. The fraction of sp³-hybridized carbons (Fsp3) is 0.211. The van der Waals surface area contributed by atoms with E-state index < -0.39 is 10.0 Å². The molecule has 0 saturated heterocycles. The van der Waals surface area contributed by atoms with Crippen molar-refractivity contribution in [2.24, 2.45) is 0 Å². The summed E-state index contributed by atoms with van der Waals surface area (Å²) in [6.07, 6.45) is 0. The summed E-state index contributed by atoms with van der Waals surface area (Å²) >= 11 is 6.17. The lowest BCUT2D eigenvalue weighted by Gasteiger charge is -2.10. The van der Waals surface area contributed by atoms with Crippen LogP contribution >= 0.6 is 11.6 Å². The fourth-order valence-corrected chi connectivity index (χ4v) is 3.72. The minimum absolute atomic E-state index is 0.173. The number of nitrogens with zero attached hydrogens (tertiary/aromatic N) is 2. The Morgan fingerprint density at radius 2 is 1.74 bits per heavy atom. The molecule has 0 fully saturated rings. The molecule has 0 aliphatic heterocycles. The van der Waals surface area contributed by atoms with Gasteiger partial charge in [0.25, 0.3) is 0 Å². The van der Waals surface area contributed by atoms with Gasteiger partial charge in [-0.25, -0.2) is 17.8 Å². The third kappa shape index (κ3) is 4.50. The molecule has 2 aromatic carbocycles. The Balaban J connectivity index is 1.64. The largest absolute Gasteiger partial charge is 0.492 e. The number of halogens is 1. The molecular weight excluding hydrogens is 386 g/mol. The summed E-state index contributed by atoms with van der Waals surface area (Å²) in [6.45, 7) is 4.10. The maximum Gasteiger partial charge on any atom is 0.240 e. The standard InChI is InChI=1S/C19H20ClN3O3S/c1-14-19(20)15(2)23(22-14)16-8-10-18(11-9-16)27(24,25)21-12-13-26-17-6-4-3-5-7-17/h3-11,21H,12-13H2,1-2H3. The predicted molar refractivity (Wildman–Crippen MR) is 105 cm³/mol. The summed E-state index contributed by atoms with van der Waals surface area (Å²) in [5.41, 5.74) is 2.28. The highest BCUT2D eigenvalue weighted by molar-refractivity contribution is 7.89. The number of hydrogen-bond acceptors (Lipinski definition) is 4. The lowest BCUT2D eigenvalue weighted by Crippen LogP contribution is -2.28. The van der Waals surface area contributed by atoms with Crippen LogP contribution in [0.5, 0.6) is 5.75 Å². The van der Waals surface area contributed by atoms with Crippen LogP contribution in [0.1, 0.15) is 11.4 Å². The summed E-state index contributed by atoms with van der Waals surface area (Å²) in [6, 6.07) is 15.7. The normalized spacial score (nSPS) is 11.5. The predicted octanol–water partition coefficient (Wildman–Crippen LogP) is 3.50. The number of para-hydroxylation sites is 1. The van der Waals surface area contributed by atoms with Crippen molar-refractivity contribution < 1.29 is 13.2 Å². The molecule has 0 atom stereocenters. The SMILES string of the molecule is Cc1nn(-c2ccc(S(=O)(=O)NCCOc3ccccc3)cc2)c(C)c1Cl. The van der Waals surface area contributed by atoms with E-state index in [1.165, 1.54) is 0 Å². The number of nitrogens with one attached hydrogen (secondary N) is 1. The van der Waals surface area contributed by atoms with Crippen molar-refractivity contribution in [3.8, 4) is 11.4 Å². The van der Waals surface area contributed by atoms with Crippen molar-refractivity contribution in [2.45, 2.75) is 18.7 Å². The Kier molecular flexibility index (Phi) is 5.84. The Morgan fingerprint density at radius 3 is 2.33 bits per heavy atom. The highest BCUT2D eigenvalue weighted by Gasteiger charge is 2.15. The lowest BCUT2D eigenvalue weighted by molar-refractivity contribution is 0.323. The van der Waals surface area contributed by atoms with Crippen molar-refractivity contribution in [3.05, 3.63) is 71.0 Å². The topological polar surface area (TPSA) is 73.2 Å². The Hall–Kier alpha value is -2.35. The third-order valence-corrected chi connectivity index (χ3v) is 6.02. The molecule has 0 saturated carbocycles. The summed E-state index contributed by atoms with van der Waals surface area (Å²) < 4.78 is 34.5. The van der Waals surface area contributed by atoms with Crippen LogP contribution in [0.15, 0.2) is 59.5 Å². The molecule has 6 nitrogen and oxygen atoms in total. The molecule has 3 rings (SSSR count). The quantitative estimate of drug-likeness (QED) is 0.610. The Labute approximate surface area is 163 Å². The van der Waals surface area contributed by atoms with E-state index in [0.717, 1.165) is 17.1 Å². The van der Waals surface area contributed by atoms with Crippen LogP contribution in [-0.2, 0) is 10.0 Å². The number of hydrogen-bond donors (Lipinski definition) is 1. The molecule has 1 N–H and O–H groups in total. The van der Waals surface area contributed by atoms with Crippen molar-refractivity contribution in [1.82, 2.24) is 14.5 Å². The number of aromatic nitrogens is 2. The zero-order chi connectivity index (χ0) is 19.4. The van der Waals surface area contributed by atoms with Crippen LogP contribution in [0.2, 0.25) is 5.02 Å². The van der Waals surface area contributed by atoms with Crippen LogP contribution in [0.25, 0.3) is 5.69 Å². The monoisotopic (exact) mass is 405 g/mol. The Bertz CT molecular complexity index is 1020. The molecule has 0 spiro atoms. The van der Waals surface area contributed by atoms with Gasteiger partial charge in [-0.05, 0) is 50.2 Å². The number of aryl methyl sites for hydroxylation is 1. The minimum Gasteiger partial charge on any atom is -0.492 e. The first-order valence-corrected chi connectivity index (χ1v) is 10.2. The van der Waals surface area contributed by atoms with Crippen LogP contribution in [-0.4, -0.2) is 31.3 Å². The molecule has 142 valence electrons. The zero-order valence-electron chi connectivity index (χ0n) is 15.0. The number of benzene rings is 2. The van der Waals surface area contributed by atoms with Crippen molar-refractivity contribution >= 4 is 21.6 Å². The van der Waals surface area contributed by atoms with Crippen molar-refractivity contribution in [1.29, 1.82) is 0 Å². The van der Waals surface area contributed by atoms with E-state index in [-0.39, 0.29) is 18.0 Å². The second-order valence-electron chi connectivity index (χ2n) is 5.95. The molecule has 0 amide bonds. The van der Waals surface area contributed by atoms with Gasteiger partial charge in [0.1, 0.15) is 12.4 Å². The van der Waals surface area contributed by atoms with Gasteiger partial charge >= 0.3 is 0 Å². The molecule has 0 aliphatic carbocycles. The zero-order valence-corrected chi connectivity index (χ0v) is 16.6. The van der Waals surface area contributed by atoms with Gasteiger partial charge in [-0.3, -0.25) is 0 Å². The molecule has 1 aromatic heterocycles. The first kappa shape index (κ1) is 19.4. The van der Waals surface area contributed by atoms with E-state index in [9.17, 15) is 8.42 Å². The molecule has 0 unspecified atom stereocenters. The van der Waals surface area contributed by atoms with Gasteiger partial charge in [-0.2, -0.15) is 5.10 Å². The van der Waals surface area contributed by atoms with E-state index in [1.807, 2.05) is 44.2 Å². The van der Waals surface area contributed by atoms with E-state index in [4.69, 9.17) is 16.3 Å². The second-order valence-corrected chi connectivity index (χ2v) is 8.09.